The Morgan fingerprint density at radius 2 is 1.73 bits per heavy atom. The Labute approximate surface area is 292 Å². The topological polar surface area (TPSA) is 127 Å². The van der Waals surface area contributed by atoms with Crippen molar-refractivity contribution in [3.63, 3.8) is 0 Å². The van der Waals surface area contributed by atoms with E-state index in [0.29, 0.717) is 56.0 Å². The van der Waals surface area contributed by atoms with E-state index < -0.39 is 29.1 Å². The lowest BCUT2D eigenvalue weighted by Gasteiger charge is -2.40. The van der Waals surface area contributed by atoms with Gasteiger partial charge in [-0.1, -0.05) is 13.8 Å². The second-order valence-electron chi connectivity index (χ2n) is 15.4. The monoisotopic (exact) mass is 686 g/mol. The van der Waals surface area contributed by atoms with E-state index in [1.807, 2.05) is 32.0 Å². The fraction of sp³-hybridized carbons (Fsp3) is 0.730. The van der Waals surface area contributed by atoms with E-state index in [2.05, 4.69) is 19.2 Å². The Morgan fingerprint density at radius 3 is 2.35 bits per heavy atom. The zero-order chi connectivity index (χ0) is 36.1. The molecule has 2 heterocycles. The van der Waals surface area contributed by atoms with E-state index in [4.69, 9.17) is 18.9 Å². The summed E-state index contributed by atoms with van der Waals surface area (Å²) in [4.78, 5) is 60.3. The van der Waals surface area contributed by atoms with Crippen LogP contribution in [0.5, 0.6) is 5.75 Å². The van der Waals surface area contributed by atoms with E-state index in [0.717, 1.165) is 19.3 Å². The largest absolute Gasteiger partial charge is 0.476 e. The van der Waals surface area contributed by atoms with Gasteiger partial charge in [0.1, 0.15) is 11.4 Å². The third-order valence-corrected chi connectivity index (χ3v) is 8.90. The molecule has 0 aromatic heterocycles. The van der Waals surface area contributed by atoms with Crippen LogP contribution >= 0.6 is 0 Å². The van der Waals surface area contributed by atoms with Gasteiger partial charge in [-0.05, 0) is 98.3 Å². The molecule has 12 heteroatoms. The SMILES string of the molecule is CCOCCN1C(=O)C(C)(C)Oc2ccc(N(C(=O)[C@@H]3C[C@H](C(=O)NC(COCC)CC(C)C)CN(C(=O)OC(C)(C)C)C3)C3CC3)cc21. The standard InChI is InChI=1S/C37H58N4O8/c1-10-46-17-16-40-30-20-29(14-15-31(30)48-37(8,9)34(40)44)41(28-12-13-28)33(43)26-19-25(21-39(22-26)35(45)49-36(5,6)7)32(42)38-27(18-24(3)4)23-47-11-2/h14-15,20,24-28H,10-13,16-19,21-23H2,1-9H3,(H,38,42)/t25-,26+,27?/m0/s1. The van der Waals surface area contributed by atoms with Crippen molar-refractivity contribution in [1.29, 1.82) is 0 Å². The van der Waals surface area contributed by atoms with Crippen molar-refractivity contribution in [3.8, 4) is 5.75 Å². The zero-order valence-corrected chi connectivity index (χ0v) is 31.0. The summed E-state index contributed by atoms with van der Waals surface area (Å²) >= 11 is 0. The van der Waals surface area contributed by atoms with Gasteiger partial charge in [-0.3, -0.25) is 14.4 Å². The number of amides is 4. The van der Waals surface area contributed by atoms with Crippen molar-refractivity contribution in [1.82, 2.24) is 10.2 Å². The number of anilines is 2. The predicted octanol–water partition coefficient (Wildman–Crippen LogP) is 5.16. The van der Waals surface area contributed by atoms with Crippen LogP contribution < -0.4 is 19.9 Å². The van der Waals surface area contributed by atoms with E-state index in [1.54, 1.807) is 44.4 Å². The zero-order valence-electron chi connectivity index (χ0n) is 31.0. The number of hydrogen-bond donors (Lipinski definition) is 1. The molecule has 1 aliphatic carbocycles. The highest BCUT2D eigenvalue weighted by atomic mass is 16.6. The molecule has 0 spiro atoms. The Kier molecular flexibility index (Phi) is 12.6. The Bertz CT molecular complexity index is 1340. The molecule has 0 bridgehead atoms. The molecule has 1 aromatic carbocycles. The normalized spacial score (nSPS) is 21.1. The first-order valence-corrected chi connectivity index (χ1v) is 18.0. The van der Waals surface area contributed by atoms with Crippen LogP contribution in [0, 0.1) is 17.8 Å². The Hall–Kier alpha value is -3.38. The third kappa shape index (κ3) is 10.1. The number of fused-ring (bicyclic) bond motifs is 1. The molecule has 1 saturated heterocycles. The summed E-state index contributed by atoms with van der Waals surface area (Å²) in [7, 11) is 0. The number of piperidine rings is 1. The highest BCUT2D eigenvalue weighted by Gasteiger charge is 2.45. The van der Waals surface area contributed by atoms with Gasteiger partial charge in [0.05, 0.1) is 36.8 Å². The average Bonchev–Trinajstić information content (AvgIpc) is 3.86. The number of likely N-dealkylation sites (tertiary alicyclic amines) is 1. The summed E-state index contributed by atoms with van der Waals surface area (Å²) in [6.45, 7) is 19.4. The lowest BCUT2D eigenvalue weighted by molar-refractivity contribution is -0.133. The summed E-state index contributed by atoms with van der Waals surface area (Å²) in [5.74, 6) is -0.905. The van der Waals surface area contributed by atoms with Crippen molar-refractivity contribution in [2.45, 2.75) is 111 Å². The summed E-state index contributed by atoms with van der Waals surface area (Å²) in [5, 5.41) is 3.16. The van der Waals surface area contributed by atoms with Crippen LogP contribution in [0.25, 0.3) is 0 Å². The number of ether oxygens (including phenoxy) is 4. The molecule has 4 amide bonds. The molecular weight excluding hydrogens is 628 g/mol. The summed E-state index contributed by atoms with van der Waals surface area (Å²) in [5.41, 5.74) is -0.557. The molecule has 1 saturated carbocycles. The molecule has 1 aromatic rings. The molecule has 1 N–H and O–H groups in total. The van der Waals surface area contributed by atoms with Crippen molar-refractivity contribution in [2.75, 3.05) is 55.9 Å². The minimum absolute atomic E-state index is 0.0233. The molecule has 1 unspecified atom stereocenters. The summed E-state index contributed by atoms with van der Waals surface area (Å²) in [6.07, 6.45) is 2.15. The van der Waals surface area contributed by atoms with Crippen molar-refractivity contribution in [3.05, 3.63) is 18.2 Å². The van der Waals surface area contributed by atoms with Crippen LogP contribution in [0.4, 0.5) is 16.2 Å². The van der Waals surface area contributed by atoms with Crippen molar-refractivity contribution >= 4 is 35.2 Å². The van der Waals surface area contributed by atoms with Crippen LogP contribution in [0.2, 0.25) is 0 Å². The highest BCUT2D eigenvalue weighted by Crippen LogP contribution is 2.43. The molecule has 2 aliphatic heterocycles. The molecule has 49 heavy (non-hydrogen) atoms. The molecule has 2 fully saturated rings. The van der Waals surface area contributed by atoms with Gasteiger partial charge >= 0.3 is 6.09 Å². The lowest BCUT2D eigenvalue weighted by Crippen LogP contribution is -2.55. The van der Waals surface area contributed by atoms with Crippen LogP contribution in [-0.2, 0) is 28.6 Å². The number of rotatable bonds is 14. The fourth-order valence-corrected chi connectivity index (χ4v) is 6.54. The van der Waals surface area contributed by atoms with Gasteiger partial charge in [0.2, 0.25) is 11.8 Å². The fourth-order valence-electron chi connectivity index (χ4n) is 6.54. The predicted molar refractivity (Wildman–Crippen MR) is 188 cm³/mol. The smallest absolute Gasteiger partial charge is 0.410 e. The second kappa shape index (κ2) is 16.1. The molecule has 12 nitrogen and oxygen atoms in total. The highest BCUT2D eigenvalue weighted by molar-refractivity contribution is 6.04. The maximum absolute atomic E-state index is 14.6. The number of carbonyl (C=O) groups is 4. The van der Waals surface area contributed by atoms with Gasteiger partial charge in [0.15, 0.2) is 5.60 Å². The van der Waals surface area contributed by atoms with Gasteiger partial charge in [0, 0.05) is 44.6 Å². The maximum Gasteiger partial charge on any atom is 0.410 e. The maximum atomic E-state index is 14.6. The van der Waals surface area contributed by atoms with Gasteiger partial charge < -0.3 is 39.0 Å². The minimum atomic E-state index is -1.05. The van der Waals surface area contributed by atoms with E-state index in [-0.39, 0.29) is 49.3 Å². The van der Waals surface area contributed by atoms with Crippen LogP contribution in [0.15, 0.2) is 18.2 Å². The van der Waals surface area contributed by atoms with Gasteiger partial charge in [-0.15, -0.1) is 0 Å². The molecular formula is C37H58N4O8. The van der Waals surface area contributed by atoms with Crippen molar-refractivity contribution < 1.29 is 38.1 Å². The van der Waals surface area contributed by atoms with Crippen molar-refractivity contribution in [2.24, 2.45) is 17.8 Å². The lowest BCUT2D eigenvalue weighted by atomic mass is 9.87. The van der Waals surface area contributed by atoms with E-state index >= 15 is 0 Å². The molecule has 3 aliphatic rings. The number of benzene rings is 1. The molecule has 274 valence electrons. The number of carbonyl (C=O) groups excluding carboxylic acids is 4. The van der Waals surface area contributed by atoms with E-state index in [9.17, 15) is 19.2 Å². The number of nitrogens with zero attached hydrogens (tertiary/aromatic N) is 3. The van der Waals surface area contributed by atoms with Crippen LogP contribution in [-0.4, -0.2) is 98.1 Å². The third-order valence-electron chi connectivity index (χ3n) is 8.90. The molecule has 0 radical (unpaired) electrons. The van der Waals surface area contributed by atoms with Gasteiger partial charge in [-0.25, -0.2) is 4.79 Å². The number of nitrogens with one attached hydrogen (secondary N) is 1. The minimum Gasteiger partial charge on any atom is -0.476 e. The first-order valence-electron chi connectivity index (χ1n) is 18.0. The Morgan fingerprint density at radius 1 is 1.06 bits per heavy atom. The van der Waals surface area contributed by atoms with Crippen LogP contribution in [0.1, 0.15) is 88.0 Å². The Balaban J connectivity index is 1.63. The van der Waals surface area contributed by atoms with Crippen LogP contribution in [0.3, 0.4) is 0 Å². The summed E-state index contributed by atoms with van der Waals surface area (Å²) in [6, 6.07) is 5.30. The van der Waals surface area contributed by atoms with Gasteiger partial charge in [0.25, 0.3) is 5.91 Å². The molecule has 3 atom stereocenters. The quantitative estimate of drug-likeness (QED) is 0.266. The summed E-state index contributed by atoms with van der Waals surface area (Å²) < 4.78 is 23.1. The first-order chi connectivity index (χ1) is 23.0. The average molecular weight is 687 g/mol. The van der Waals surface area contributed by atoms with Gasteiger partial charge in [-0.2, -0.15) is 0 Å². The number of hydrogen-bond acceptors (Lipinski definition) is 8. The van der Waals surface area contributed by atoms with E-state index in [1.165, 1.54) is 4.90 Å². The second-order valence-corrected chi connectivity index (χ2v) is 15.4. The molecule has 4 rings (SSSR count). The first kappa shape index (κ1) is 38.4.